The Morgan fingerprint density at radius 2 is 2.24 bits per heavy atom. The van der Waals surface area contributed by atoms with Crippen LogP contribution < -0.4 is 16.0 Å². The fourth-order valence-electron chi connectivity index (χ4n) is 3.54. The molecule has 110 valence electrons. The second kappa shape index (κ2) is 4.77. The van der Waals surface area contributed by atoms with Crippen molar-refractivity contribution >= 4 is 22.8 Å². The van der Waals surface area contributed by atoms with E-state index in [-0.39, 0.29) is 11.9 Å². The summed E-state index contributed by atoms with van der Waals surface area (Å²) in [6, 6.07) is 8.78. The Kier molecular flexibility index (Phi) is 2.89. The smallest absolute Gasteiger partial charge is 0.251 e. The molecule has 3 N–H and O–H groups in total. The summed E-state index contributed by atoms with van der Waals surface area (Å²) < 4.78 is 5.57. The van der Waals surface area contributed by atoms with E-state index in [4.69, 9.17) is 4.42 Å². The van der Waals surface area contributed by atoms with Crippen molar-refractivity contribution in [3.05, 3.63) is 29.8 Å². The van der Waals surface area contributed by atoms with Crippen molar-refractivity contribution in [3.8, 4) is 0 Å². The van der Waals surface area contributed by atoms with Crippen LogP contribution in [0.2, 0.25) is 0 Å². The number of furan rings is 1. The zero-order chi connectivity index (χ0) is 14.4. The second-order valence-electron chi connectivity index (χ2n) is 5.98. The minimum Gasteiger partial charge on any atom is -0.441 e. The Hall–Kier alpha value is -2.01. The number of amides is 1. The van der Waals surface area contributed by atoms with Gasteiger partial charge in [-0.25, -0.2) is 0 Å². The van der Waals surface area contributed by atoms with Gasteiger partial charge in [-0.3, -0.25) is 4.79 Å². The van der Waals surface area contributed by atoms with Gasteiger partial charge in [-0.1, -0.05) is 0 Å². The average Bonchev–Trinajstić information content (AvgIpc) is 3.20. The maximum Gasteiger partial charge on any atom is 0.251 e. The molecule has 5 heteroatoms. The van der Waals surface area contributed by atoms with E-state index in [2.05, 4.69) is 16.0 Å². The molecule has 0 radical (unpaired) electrons. The molecule has 1 aromatic carbocycles. The molecular formula is C16H19N3O2. The number of hydrogen-bond acceptors (Lipinski definition) is 4. The van der Waals surface area contributed by atoms with Crippen LogP contribution in [0.1, 0.15) is 29.6 Å². The number of anilines is 1. The average molecular weight is 285 g/mol. The molecule has 2 aliphatic heterocycles. The van der Waals surface area contributed by atoms with E-state index >= 15 is 0 Å². The molecule has 4 rings (SSSR count). The molecule has 0 spiro atoms. The van der Waals surface area contributed by atoms with E-state index in [0.717, 1.165) is 17.4 Å². The van der Waals surface area contributed by atoms with Crippen molar-refractivity contribution in [1.29, 1.82) is 0 Å². The van der Waals surface area contributed by atoms with Crippen molar-refractivity contribution in [2.75, 3.05) is 12.4 Å². The number of hydrogen-bond donors (Lipinski definition) is 3. The molecule has 21 heavy (non-hydrogen) atoms. The Labute approximate surface area is 123 Å². The molecule has 1 aromatic heterocycles. The first kappa shape index (κ1) is 12.7. The van der Waals surface area contributed by atoms with Gasteiger partial charge < -0.3 is 20.4 Å². The molecular weight excluding hydrogens is 266 g/mol. The normalized spacial score (nSPS) is 27.2. The minimum absolute atomic E-state index is 0.00320. The van der Waals surface area contributed by atoms with Crippen LogP contribution in [0.5, 0.6) is 0 Å². The highest BCUT2D eigenvalue weighted by Gasteiger charge is 2.39. The lowest BCUT2D eigenvalue weighted by Gasteiger charge is -2.21. The standard InChI is InChI=1S/C16H19N3O2/c1-17-15-7-10-6-9(2-5-14(10)21-15)16(20)19-13-8-11-3-4-12(13)18-11/h2,5-7,11-13,17-18H,3-4,8H2,1H3,(H,19,20)/t11-,12+,13-/m1/s1. The van der Waals surface area contributed by atoms with Gasteiger partial charge in [0, 0.05) is 42.2 Å². The van der Waals surface area contributed by atoms with Gasteiger partial charge in [0.2, 0.25) is 0 Å². The zero-order valence-corrected chi connectivity index (χ0v) is 12.0. The quantitative estimate of drug-likeness (QED) is 0.808. The third-order valence-electron chi connectivity index (χ3n) is 4.64. The minimum atomic E-state index is 0.00320. The SMILES string of the molecule is CNc1cc2cc(C(=O)N[C@@H]3C[C@H]4CC[C@@H]3N4)ccc2o1. The Balaban J connectivity index is 1.53. The highest BCUT2D eigenvalue weighted by atomic mass is 16.3. The van der Waals surface area contributed by atoms with Gasteiger partial charge in [-0.05, 0) is 37.5 Å². The lowest BCUT2D eigenvalue weighted by molar-refractivity contribution is 0.0931. The van der Waals surface area contributed by atoms with Gasteiger partial charge in [0.25, 0.3) is 5.91 Å². The number of nitrogens with one attached hydrogen (secondary N) is 3. The zero-order valence-electron chi connectivity index (χ0n) is 12.0. The molecule has 2 bridgehead atoms. The van der Waals surface area contributed by atoms with Crippen LogP contribution in [-0.2, 0) is 0 Å². The molecule has 5 nitrogen and oxygen atoms in total. The first-order valence-corrected chi connectivity index (χ1v) is 7.51. The molecule has 0 saturated carbocycles. The van der Waals surface area contributed by atoms with Crippen LogP contribution in [0.4, 0.5) is 5.88 Å². The summed E-state index contributed by atoms with van der Waals surface area (Å²) >= 11 is 0. The van der Waals surface area contributed by atoms with Crippen LogP contribution in [0.15, 0.2) is 28.7 Å². The number of carbonyl (C=O) groups excluding carboxylic acids is 1. The summed E-state index contributed by atoms with van der Waals surface area (Å²) in [5.74, 6) is 0.711. The van der Waals surface area contributed by atoms with Crippen molar-refractivity contribution in [3.63, 3.8) is 0 Å². The van der Waals surface area contributed by atoms with Gasteiger partial charge in [0.05, 0.1) is 0 Å². The Morgan fingerprint density at radius 1 is 1.33 bits per heavy atom. The molecule has 1 amide bonds. The van der Waals surface area contributed by atoms with E-state index in [1.807, 2.05) is 31.3 Å². The molecule has 3 heterocycles. The molecule has 2 aromatic rings. The van der Waals surface area contributed by atoms with E-state index in [0.29, 0.717) is 23.5 Å². The molecule has 0 unspecified atom stereocenters. The summed E-state index contributed by atoms with van der Waals surface area (Å²) in [6.07, 6.45) is 3.46. The van der Waals surface area contributed by atoms with E-state index in [1.165, 1.54) is 12.8 Å². The maximum atomic E-state index is 12.4. The van der Waals surface area contributed by atoms with Crippen LogP contribution in [-0.4, -0.2) is 31.1 Å². The fraction of sp³-hybridized carbons (Fsp3) is 0.438. The van der Waals surface area contributed by atoms with Gasteiger partial charge in [0.1, 0.15) is 5.58 Å². The summed E-state index contributed by atoms with van der Waals surface area (Å²) in [4.78, 5) is 12.4. The molecule has 2 aliphatic rings. The van der Waals surface area contributed by atoms with Crippen molar-refractivity contribution < 1.29 is 9.21 Å². The van der Waals surface area contributed by atoms with Crippen molar-refractivity contribution in [2.24, 2.45) is 0 Å². The second-order valence-corrected chi connectivity index (χ2v) is 5.98. The summed E-state index contributed by atoms with van der Waals surface area (Å²) in [5, 5.41) is 10.6. The lowest BCUT2D eigenvalue weighted by Crippen LogP contribution is -2.42. The van der Waals surface area contributed by atoms with Crippen molar-refractivity contribution in [1.82, 2.24) is 10.6 Å². The number of rotatable bonds is 3. The van der Waals surface area contributed by atoms with Crippen LogP contribution >= 0.6 is 0 Å². The molecule has 2 saturated heterocycles. The predicted octanol–water partition coefficient (Wildman–Crippen LogP) is 2.10. The first-order chi connectivity index (χ1) is 10.2. The van der Waals surface area contributed by atoms with E-state index < -0.39 is 0 Å². The number of fused-ring (bicyclic) bond motifs is 3. The first-order valence-electron chi connectivity index (χ1n) is 7.51. The van der Waals surface area contributed by atoms with Crippen LogP contribution in [0.25, 0.3) is 11.0 Å². The van der Waals surface area contributed by atoms with Gasteiger partial charge in [0.15, 0.2) is 5.88 Å². The largest absolute Gasteiger partial charge is 0.441 e. The fourth-order valence-corrected chi connectivity index (χ4v) is 3.54. The third-order valence-corrected chi connectivity index (χ3v) is 4.64. The topological polar surface area (TPSA) is 66.3 Å². The van der Waals surface area contributed by atoms with Gasteiger partial charge >= 0.3 is 0 Å². The van der Waals surface area contributed by atoms with Crippen LogP contribution in [0.3, 0.4) is 0 Å². The van der Waals surface area contributed by atoms with Gasteiger partial charge in [-0.15, -0.1) is 0 Å². The van der Waals surface area contributed by atoms with Crippen LogP contribution in [0, 0.1) is 0 Å². The highest BCUT2D eigenvalue weighted by molar-refractivity contribution is 5.98. The predicted molar refractivity (Wildman–Crippen MR) is 81.6 cm³/mol. The maximum absolute atomic E-state index is 12.4. The monoisotopic (exact) mass is 285 g/mol. The lowest BCUT2D eigenvalue weighted by atomic mass is 9.95. The number of carbonyl (C=O) groups is 1. The van der Waals surface area contributed by atoms with Crippen molar-refractivity contribution in [2.45, 2.75) is 37.4 Å². The Bertz CT molecular complexity index is 694. The highest BCUT2D eigenvalue weighted by Crippen LogP contribution is 2.29. The Morgan fingerprint density at radius 3 is 2.95 bits per heavy atom. The summed E-state index contributed by atoms with van der Waals surface area (Å²) in [7, 11) is 1.81. The summed E-state index contributed by atoms with van der Waals surface area (Å²) in [5.41, 5.74) is 1.48. The molecule has 3 atom stereocenters. The summed E-state index contributed by atoms with van der Waals surface area (Å²) in [6.45, 7) is 0. The molecule has 0 aliphatic carbocycles. The van der Waals surface area contributed by atoms with E-state index in [1.54, 1.807) is 0 Å². The van der Waals surface area contributed by atoms with Gasteiger partial charge in [-0.2, -0.15) is 0 Å². The molecule has 2 fully saturated rings. The van der Waals surface area contributed by atoms with E-state index in [9.17, 15) is 4.79 Å². The third kappa shape index (κ3) is 2.17. The number of benzene rings is 1.